The van der Waals surface area contributed by atoms with Gasteiger partial charge in [-0.25, -0.2) is 15.0 Å². The molecule has 9 nitrogen and oxygen atoms in total. The number of rotatable bonds is 4. The van der Waals surface area contributed by atoms with Crippen LogP contribution < -0.4 is 9.64 Å². The van der Waals surface area contributed by atoms with E-state index in [4.69, 9.17) is 9.47 Å². The summed E-state index contributed by atoms with van der Waals surface area (Å²) in [6.45, 7) is 5.88. The number of ether oxygens (including phenoxy) is 2. The SMILES string of the molecule is Cc1cnc(C(=O)N2CCN(c3ccc4ncnc(OC5CCOC5)c4c3)CC2)cn1. The van der Waals surface area contributed by atoms with Crippen LogP contribution in [0.1, 0.15) is 22.6 Å². The molecule has 0 N–H and O–H groups in total. The second-order valence-corrected chi connectivity index (χ2v) is 7.81. The van der Waals surface area contributed by atoms with Crippen molar-refractivity contribution in [1.82, 2.24) is 24.8 Å². The molecule has 0 bridgehead atoms. The number of benzene rings is 1. The highest BCUT2D eigenvalue weighted by Gasteiger charge is 2.24. The first-order valence-electron chi connectivity index (χ1n) is 10.5. The monoisotopic (exact) mass is 420 g/mol. The highest BCUT2D eigenvalue weighted by atomic mass is 16.5. The summed E-state index contributed by atoms with van der Waals surface area (Å²) in [5, 5.41) is 0.889. The third kappa shape index (κ3) is 4.13. The van der Waals surface area contributed by atoms with Gasteiger partial charge in [0.2, 0.25) is 5.88 Å². The average Bonchev–Trinajstić information content (AvgIpc) is 3.32. The number of aryl methyl sites for hydroxylation is 1. The van der Waals surface area contributed by atoms with Crippen molar-refractivity contribution in [3.8, 4) is 5.88 Å². The van der Waals surface area contributed by atoms with E-state index < -0.39 is 0 Å². The molecule has 5 rings (SSSR count). The maximum atomic E-state index is 12.7. The Morgan fingerprint density at radius 1 is 1.10 bits per heavy atom. The van der Waals surface area contributed by atoms with Gasteiger partial charge in [0.15, 0.2) is 0 Å². The van der Waals surface area contributed by atoms with E-state index in [1.807, 2.05) is 17.9 Å². The number of nitrogens with zero attached hydrogens (tertiary/aromatic N) is 6. The first-order chi connectivity index (χ1) is 15.2. The van der Waals surface area contributed by atoms with Crippen molar-refractivity contribution in [1.29, 1.82) is 0 Å². The number of carbonyl (C=O) groups is 1. The number of carbonyl (C=O) groups excluding carboxylic acids is 1. The standard InChI is InChI=1S/C22H24N6O3/c1-15-11-24-20(12-23-15)22(29)28-7-5-27(6-8-28)16-2-3-19-18(10-16)21(26-14-25-19)31-17-4-9-30-13-17/h2-3,10-12,14,17H,4-9,13H2,1H3. The largest absolute Gasteiger partial charge is 0.471 e. The van der Waals surface area contributed by atoms with Crippen molar-refractivity contribution >= 4 is 22.5 Å². The summed E-state index contributed by atoms with van der Waals surface area (Å²) in [4.78, 5) is 33.9. The van der Waals surface area contributed by atoms with E-state index in [-0.39, 0.29) is 12.0 Å². The molecule has 3 aromatic rings. The summed E-state index contributed by atoms with van der Waals surface area (Å²) >= 11 is 0. The predicted molar refractivity (Wildman–Crippen MR) is 114 cm³/mol. The number of amides is 1. The molecule has 1 amide bonds. The molecule has 0 radical (unpaired) electrons. The Morgan fingerprint density at radius 2 is 1.97 bits per heavy atom. The van der Waals surface area contributed by atoms with E-state index in [1.54, 1.807) is 12.4 Å². The minimum Gasteiger partial charge on any atom is -0.471 e. The van der Waals surface area contributed by atoms with Gasteiger partial charge in [-0.2, -0.15) is 0 Å². The molecule has 0 aliphatic carbocycles. The van der Waals surface area contributed by atoms with Crippen LogP contribution in [0.2, 0.25) is 0 Å². The summed E-state index contributed by atoms with van der Waals surface area (Å²) in [6, 6.07) is 6.12. The summed E-state index contributed by atoms with van der Waals surface area (Å²) in [5.74, 6) is 0.516. The van der Waals surface area contributed by atoms with E-state index in [2.05, 4.69) is 37.0 Å². The van der Waals surface area contributed by atoms with Crippen LogP contribution in [0.4, 0.5) is 5.69 Å². The summed E-state index contributed by atoms with van der Waals surface area (Å²) < 4.78 is 11.5. The van der Waals surface area contributed by atoms with Crippen molar-refractivity contribution in [2.45, 2.75) is 19.4 Å². The topological polar surface area (TPSA) is 93.6 Å². The lowest BCUT2D eigenvalue weighted by Crippen LogP contribution is -2.49. The van der Waals surface area contributed by atoms with Gasteiger partial charge in [-0.05, 0) is 25.1 Å². The van der Waals surface area contributed by atoms with Gasteiger partial charge in [0.05, 0.1) is 36.0 Å². The zero-order valence-corrected chi connectivity index (χ0v) is 17.4. The summed E-state index contributed by atoms with van der Waals surface area (Å²) in [6.07, 6.45) is 5.60. The Balaban J connectivity index is 1.30. The third-order valence-corrected chi connectivity index (χ3v) is 5.68. The van der Waals surface area contributed by atoms with E-state index in [0.717, 1.165) is 48.4 Å². The molecule has 31 heavy (non-hydrogen) atoms. The van der Waals surface area contributed by atoms with Crippen molar-refractivity contribution in [3.05, 3.63) is 48.3 Å². The van der Waals surface area contributed by atoms with Gasteiger partial charge in [-0.3, -0.25) is 9.78 Å². The number of hydrogen-bond acceptors (Lipinski definition) is 8. The van der Waals surface area contributed by atoms with Gasteiger partial charge in [0, 0.05) is 44.5 Å². The zero-order chi connectivity index (χ0) is 21.2. The van der Waals surface area contributed by atoms with Gasteiger partial charge < -0.3 is 19.3 Å². The minimum absolute atomic E-state index is 0.0289. The first-order valence-corrected chi connectivity index (χ1v) is 10.5. The Bertz CT molecular complexity index is 1080. The fourth-order valence-electron chi connectivity index (χ4n) is 3.91. The van der Waals surface area contributed by atoms with E-state index >= 15 is 0 Å². The average molecular weight is 420 g/mol. The highest BCUT2D eigenvalue weighted by Crippen LogP contribution is 2.29. The molecular weight excluding hydrogens is 396 g/mol. The molecular formula is C22H24N6O3. The molecule has 0 spiro atoms. The van der Waals surface area contributed by atoms with Crippen molar-refractivity contribution in [3.63, 3.8) is 0 Å². The summed E-state index contributed by atoms with van der Waals surface area (Å²) in [7, 11) is 0. The third-order valence-electron chi connectivity index (χ3n) is 5.68. The van der Waals surface area contributed by atoms with E-state index in [0.29, 0.717) is 31.3 Å². The molecule has 1 unspecified atom stereocenters. The lowest BCUT2D eigenvalue weighted by Gasteiger charge is -2.36. The predicted octanol–water partition coefficient (Wildman–Crippen LogP) is 1.86. The fraction of sp³-hybridized carbons (Fsp3) is 0.409. The molecule has 1 atom stereocenters. The smallest absolute Gasteiger partial charge is 0.274 e. The lowest BCUT2D eigenvalue weighted by atomic mass is 10.1. The van der Waals surface area contributed by atoms with Crippen LogP contribution in [0.3, 0.4) is 0 Å². The highest BCUT2D eigenvalue weighted by molar-refractivity contribution is 5.92. The molecule has 9 heteroatoms. The second-order valence-electron chi connectivity index (χ2n) is 7.81. The van der Waals surface area contributed by atoms with Gasteiger partial charge in [0.25, 0.3) is 5.91 Å². The lowest BCUT2D eigenvalue weighted by molar-refractivity contribution is 0.0740. The maximum Gasteiger partial charge on any atom is 0.274 e. The molecule has 2 saturated heterocycles. The van der Waals surface area contributed by atoms with Crippen LogP contribution in [0.15, 0.2) is 36.9 Å². The van der Waals surface area contributed by atoms with Crippen LogP contribution in [0.25, 0.3) is 10.9 Å². The minimum atomic E-state index is -0.0754. The molecule has 2 aromatic heterocycles. The first kappa shape index (κ1) is 19.6. The number of hydrogen-bond donors (Lipinski definition) is 0. The van der Waals surface area contributed by atoms with Gasteiger partial charge in [-0.15, -0.1) is 0 Å². The van der Waals surface area contributed by atoms with Crippen LogP contribution >= 0.6 is 0 Å². The molecule has 0 saturated carbocycles. The molecule has 2 fully saturated rings. The normalized spacial score (nSPS) is 19.1. The fourth-order valence-corrected chi connectivity index (χ4v) is 3.91. The Kier molecular flexibility index (Phi) is 5.33. The molecule has 4 heterocycles. The Labute approximate surface area is 180 Å². The van der Waals surface area contributed by atoms with Crippen molar-refractivity contribution in [2.24, 2.45) is 0 Å². The van der Waals surface area contributed by atoms with Gasteiger partial charge >= 0.3 is 0 Å². The Morgan fingerprint density at radius 3 is 2.71 bits per heavy atom. The zero-order valence-electron chi connectivity index (χ0n) is 17.4. The van der Waals surface area contributed by atoms with E-state index in [1.165, 1.54) is 6.33 Å². The quantitative estimate of drug-likeness (QED) is 0.631. The van der Waals surface area contributed by atoms with Gasteiger partial charge in [-0.1, -0.05) is 0 Å². The van der Waals surface area contributed by atoms with Crippen LogP contribution in [0.5, 0.6) is 5.88 Å². The second kappa shape index (κ2) is 8.43. The Hall–Kier alpha value is -3.33. The molecule has 2 aliphatic heterocycles. The van der Waals surface area contributed by atoms with Crippen LogP contribution in [-0.4, -0.2) is 76.2 Å². The molecule has 2 aliphatic rings. The number of aromatic nitrogens is 4. The van der Waals surface area contributed by atoms with Crippen LogP contribution in [-0.2, 0) is 4.74 Å². The van der Waals surface area contributed by atoms with Crippen molar-refractivity contribution < 1.29 is 14.3 Å². The van der Waals surface area contributed by atoms with Crippen LogP contribution in [0, 0.1) is 6.92 Å². The summed E-state index contributed by atoms with van der Waals surface area (Å²) in [5.41, 5.74) is 3.10. The molecule has 160 valence electrons. The molecule has 1 aromatic carbocycles. The maximum absolute atomic E-state index is 12.7. The van der Waals surface area contributed by atoms with Crippen molar-refractivity contribution in [2.75, 3.05) is 44.3 Å². The number of fused-ring (bicyclic) bond motifs is 1. The number of anilines is 1. The van der Waals surface area contributed by atoms with Gasteiger partial charge in [0.1, 0.15) is 18.1 Å². The number of piperazine rings is 1. The van der Waals surface area contributed by atoms with E-state index in [9.17, 15) is 4.79 Å².